The number of fused-ring (bicyclic) bond motifs is 7. The number of rotatable bonds is 0. The van der Waals surface area contributed by atoms with Gasteiger partial charge in [0, 0.05) is 11.0 Å². The first-order valence-electron chi connectivity index (χ1n) is 11.9. The number of hydrogen-bond donors (Lipinski definition) is 2. The Balaban J connectivity index is 1.69. The number of aliphatic hydroxyl groups is 2. The van der Waals surface area contributed by atoms with Gasteiger partial charge < -0.3 is 10.2 Å². The van der Waals surface area contributed by atoms with E-state index in [0.717, 1.165) is 43.3 Å². The van der Waals surface area contributed by atoms with E-state index >= 15 is 0 Å². The van der Waals surface area contributed by atoms with Crippen molar-refractivity contribution in [1.82, 2.24) is 0 Å². The van der Waals surface area contributed by atoms with Crippen LogP contribution >= 0.6 is 0 Å². The molecule has 5 aliphatic rings. The van der Waals surface area contributed by atoms with E-state index in [9.17, 15) is 15.0 Å². The fourth-order valence-electron chi connectivity index (χ4n) is 8.15. The SMILES string of the molecule is CC1=C2C3=CC=C4C(=CC(=O)C(O)=C4C)[C@]3(C)CC[C@@]2(C)[C@@H]2C[C@H](C)[C@@H](O)C[C@]2(C)C1. The van der Waals surface area contributed by atoms with Crippen molar-refractivity contribution < 1.29 is 15.0 Å². The van der Waals surface area contributed by atoms with E-state index in [1.54, 1.807) is 6.08 Å². The zero-order chi connectivity index (χ0) is 22.5. The molecule has 0 aliphatic heterocycles. The highest BCUT2D eigenvalue weighted by atomic mass is 16.3. The van der Waals surface area contributed by atoms with Crippen molar-refractivity contribution >= 4 is 5.78 Å². The Morgan fingerprint density at radius 2 is 1.77 bits per heavy atom. The molecule has 2 N–H and O–H groups in total. The molecule has 31 heavy (non-hydrogen) atoms. The van der Waals surface area contributed by atoms with Gasteiger partial charge in [0.05, 0.1) is 6.10 Å². The highest BCUT2D eigenvalue weighted by Crippen LogP contribution is 2.69. The Kier molecular flexibility index (Phi) is 4.30. The summed E-state index contributed by atoms with van der Waals surface area (Å²) in [6.45, 7) is 13.5. The molecule has 6 atom stereocenters. The predicted molar refractivity (Wildman–Crippen MR) is 123 cm³/mol. The summed E-state index contributed by atoms with van der Waals surface area (Å²) in [6.07, 6.45) is 11.0. The summed E-state index contributed by atoms with van der Waals surface area (Å²) in [5.41, 5.74) is 7.15. The maximum atomic E-state index is 12.5. The van der Waals surface area contributed by atoms with Gasteiger partial charge in [0.2, 0.25) is 5.78 Å². The molecular formula is C28H36O3. The molecule has 166 valence electrons. The van der Waals surface area contributed by atoms with E-state index < -0.39 is 0 Å². The van der Waals surface area contributed by atoms with Crippen LogP contribution in [0.1, 0.15) is 73.6 Å². The predicted octanol–water partition coefficient (Wildman–Crippen LogP) is 6.13. The molecule has 0 unspecified atom stereocenters. The standard InChI is InChI=1S/C28H36O3/c1-15-11-23-26(4,14-22(15)30)13-16(2)24-19-8-7-18-17(3)25(31)21(29)12-20(18)27(19,5)9-10-28(23,24)6/h7-8,12,15,22-23,30-31H,9-11,13-14H2,1-6H3/t15-,22-,23+,26-,27+,28-/m0/s1. The summed E-state index contributed by atoms with van der Waals surface area (Å²) in [7, 11) is 0. The Bertz CT molecular complexity index is 1050. The summed E-state index contributed by atoms with van der Waals surface area (Å²) >= 11 is 0. The Morgan fingerprint density at radius 3 is 2.48 bits per heavy atom. The molecule has 2 fully saturated rings. The first kappa shape index (κ1) is 21.0. The van der Waals surface area contributed by atoms with Crippen molar-refractivity contribution in [3.63, 3.8) is 0 Å². The van der Waals surface area contributed by atoms with Crippen molar-refractivity contribution in [1.29, 1.82) is 0 Å². The average molecular weight is 421 g/mol. The minimum Gasteiger partial charge on any atom is -0.504 e. The van der Waals surface area contributed by atoms with Gasteiger partial charge in [-0.3, -0.25) is 4.79 Å². The average Bonchev–Trinajstić information content (AvgIpc) is 2.69. The molecule has 3 heteroatoms. The molecule has 0 saturated heterocycles. The summed E-state index contributed by atoms with van der Waals surface area (Å²) in [5.74, 6) is 0.511. The van der Waals surface area contributed by atoms with Crippen molar-refractivity contribution in [3.8, 4) is 0 Å². The maximum absolute atomic E-state index is 12.5. The second kappa shape index (κ2) is 6.34. The molecule has 0 aromatic rings. The van der Waals surface area contributed by atoms with Crippen LogP contribution in [-0.2, 0) is 4.79 Å². The van der Waals surface area contributed by atoms with E-state index in [1.807, 2.05) is 6.92 Å². The maximum Gasteiger partial charge on any atom is 0.220 e. The highest BCUT2D eigenvalue weighted by Gasteiger charge is 2.59. The number of aliphatic hydroxyl groups excluding tert-OH is 2. The Labute approximate surface area is 186 Å². The van der Waals surface area contributed by atoms with Crippen LogP contribution in [-0.4, -0.2) is 22.1 Å². The molecule has 5 rings (SSSR count). The quantitative estimate of drug-likeness (QED) is 0.495. The van der Waals surface area contributed by atoms with Gasteiger partial charge in [-0.2, -0.15) is 0 Å². The third-order valence-corrected chi connectivity index (χ3v) is 9.79. The van der Waals surface area contributed by atoms with Gasteiger partial charge in [0.15, 0.2) is 5.76 Å². The van der Waals surface area contributed by atoms with Gasteiger partial charge in [-0.05, 0) is 97.0 Å². The number of carbonyl (C=O) groups is 1. The fraction of sp³-hybridized carbons (Fsp3) is 0.607. The Morgan fingerprint density at radius 1 is 1.06 bits per heavy atom. The van der Waals surface area contributed by atoms with E-state index in [-0.39, 0.29) is 33.9 Å². The molecular weight excluding hydrogens is 384 g/mol. The topological polar surface area (TPSA) is 57.5 Å². The molecule has 3 nitrogen and oxygen atoms in total. The van der Waals surface area contributed by atoms with Crippen LogP contribution in [0, 0.1) is 28.1 Å². The van der Waals surface area contributed by atoms with E-state index in [0.29, 0.717) is 17.4 Å². The first-order chi connectivity index (χ1) is 14.4. The minimum atomic E-state index is -0.266. The van der Waals surface area contributed by atoms with Crippen LogP contribution in [0.4, 0.5) is 0 Å². The largest absolute Gasteiger partial charge is 0.504 e. The lowest BCUT2D eigenvalue weighted by molar-refractivity contribution is -0.113. The molecule has 0 heterocycles. The molecule has 0 spiro atoms. The Hall–Kier alpha value is -1.87. The van der Waals surface area contributed by atoms with Crippen LogP contribution in [0.15, 0.2) is 57.4 Å². The second-order valence-electron chi connectivity index (χ2n) is 11.8. The molecule has 0 radical (unpaired) electrons. The summed E-state index contributed by atoms with van der Waals surface area (Å²) in [4.78, 5) is 12.5. The van der Waals surface area contributed by atoms with Crippen molar-refractivity contribution in [3.05, 3.63) is 57.4 Å². The van der Waals surface area contributed by atoms with Crippen molar-refractivity contribution in [2.24, 2.45) is 28.1 Å². The van der Waals surface area contributed by atoms with Crippen LogP contribution in [0.5, 0.6) is 0 Å². The summed E-state index contributed by atoms with van der Waals surface area (Å²) in [6, 6.07) is 0. The van der Waals surface area contributed by atoms with Crippen LogP contribution in [0.25, 0.3) is 0 Å². The summed E-state index contributed by atoms with van der Waals surface area (Å²) < 4.78 is 0. The van der Waals surface area contributed by atoms with Crippen molar-refractivity contribution in [2.75, 3.05) is 0 Å². The van der Waals surface area contributed by atoms with Crippen LogP contribution in [0.2, 0.25) is 0 Å². The van der Waals surface area contributed by atoms with Gasteiger partial charge in [-0.15, -0.1) is 0 Å². The fourth-order valence-corrected chi connectivity index (χ4v) is 8.15. The lowest BCUT2D eigenvalue weighted by Crippen LogP contribution is -2.54. The van der Waals surface area contributed by atoms with Gasteiger partial charge in [0.25, 0.3) is 0 Å². The van der Waals surface area contributed by atoms with E-state index in [2.05, 4.69) is 46.8 Å². The lowest BCUT2D eigenvalue weighted by atomic mass is 9.42. The van der Waals surface area contributed by atoms with E-state index in [4.69, 9.17) is 0 Å². The third kappa shape index (κ3) is 2.59. The molecule has 5 aliphatic carbocycles. The lowest BCUT2D eigenvalue weighted by Gasteiger charge is -2.62. The second-order valence-corrected chi connectivity index (χ2v) is 11.8. The zero-order valence-electron chi connectivity index (χ0n) is 19.8. The monoisotopic (exact) mass is 420 g/mol. The van der Waals surface area contributed by atoms with Crippen molar-refractivity contribution in [2.45, 2.75) is 79.8 Å². The summed E-state index contributed by atoms with van der Waals surface area (Å²) in [5, 5.41) is 20.9. The van der Waals surface area contributed by atoms with Gasteiger partial charge in [-0.25, -0.2) is 0 Å². The van der Waals surface area contributed by atoms with Gasteiger partial charge in [0.1, 0.15) is 0 Å². The molecule has 2 saturated carbocycles. The molecule has 0 aromatic carbocycles. The van der Waals surface area contributed by atoms with Crippen LogP contribution < -0.4 is 0 Å². The molecule has 0 aromatic heterocycles. The van der Waals surface area contributed by atoms with Gasteiger partial charge in [-0.1, -0.05) is 45.4 Å². The van der Waals surface area contributed by atoms with Crippen LogP contribution in [0.3, 0.4) is 0 Å². The molecule has 0 bridgehead atoms. The molecule has 0 amide bonds. The highest BCUT2D eigenvalue weighted by molar-refractivity contribution is 6.06. The first-order valence-corrected chi connectivity index (χ1v) is 11.9. The van der Waals surface area contributed by atoms with E-state index in [1.165, 1.54) is 16.7 Å². The smallest absolute Gasteiger partial charge is 0.220 e. The normalized spacial score (nSPS) is 44.5. The minimum absolute atomic E-state index is 0.0917. The zero-order valence-corrected chi connectivity index (χ0v) is 19.8. The number of allylic oxidation sites excluding steroid dienone is 9. The third-order valence-electron chi connectivity index (χ3n) is 9.79. The number of hydrogen-bond acceptors (Lipinski definition) is 3. The number of ketones is 1. The number of carbonyl (C=O) groups excluding carboxylic acids is 1. The van der Waals surface area contributed by atoms with Gasteiger partial charge >= 0.3 is 0 Å².